The number of aliphatic hydroxyl groups excluding tert-OH is 3. The van der Waals surface area contributed by atoms with Gasteiger partial charge in [0.1, 0.15) is 6.10 Å². The molecule has 4 unspecified atom stereocenters. The molecule has 1 rings (SSSR count). The van der Waals surface area contributed by atoms with Crippen LogP contribution in [0.3, 0.4) is 0 Å². The molecule has 0 aromatic rings. The average molecular weight is 192 g/mol. The summed E-state index contributed by atoms with van der Waals surface area (Å²) in [5.74, 6) is -0.300. The van der Waals surface area contributed by atoms with Gasteiger partial charge in [0, 0.05) is 13.0 Å². The van der Waals surface area contributed by atoms with E-state index in [1.54, 1.807) is 6.92 Å². The van der Waals surface area contributed by atoms with Gasteiger partial charge in [-0.25, -0.2) is 0 Å². The molecule has 0 bridgehead atoms. The maximum absolute atomic E-state index is 9.53. The first-order valence-corrected chi connectivity index (χ1v) is 4.27. The second-order valence-electron chi connectivity index (χ2n) is 3.30. The lowest BCUT2D eigenvalue weighted by Crippen LogP contribution is -2.55. The molecule has 0 aromatic heterocycles. The molecule has 5 nitrogen and oxygen atoms in total. The topological polar surface area (TPSA) is 79.2 Å². The molecule has 1 aliphatic heterocycles. The Morgan fingerprint density at radius 2 is 1.92 bits per heavy atom. The van der Waals surface area contributed by atoms with Crippen LogP contribution in [0.4, 0.5) is 0 Å². The van der Waals surface area contributed by atoms with Gasteiger partial charge in [-0.1, -0.05) is 6.92 Å². The van der Waals surface area contributed by atoms with Gasteiger partial charge in [-0.3, -0.25) is 0 Å². The molecule has 1 aliphatic rings. The van der Waals surface area contributed by atoms with Crippen LogP contribution in [-0.4, -0.2) is 53.6 Å². The molecule has 1 saturated heterocycles. The summed E-state index contributed by atoms with van der Waals surface area (Å²) in [4.78, 5) is 0. The van der Waals surface area contributed by atoms with E-state index in [4.69, 9.17) is 14.6 Å². The van der Waals surface area contributed by atoms with Gasteiger partial charge in [0.2, 0.25) is 0 Å². The fourth-order valence-electron chi connectivity index (χ4n) is 1.47. The van der Waals surface area contributed by atoms with E-state index >= 15 is 0 Å². The van der Waals surface area contributed by atoms with Crippen molar-refractivity contribution in [3.63, 3.8) is 0 Å². The molecule has 0 radical (unpaired) electrons. The SMILES string of the molecule is CO[C@@H]1OC(CO)C(C)C(O)C1O. The summed E-state index contributed by atoms with van der Waals surface area (Å²) >= 11 is 0. The molecule has 1 fully saturated rings. The van der Waals surface area contributed by atoms with E-state index in [9.17, 15) is 10.2 Å². The minimum absolute atomic E-state index is 0.190. The number of methoxy groups -OCH3 is 1. The summed E-state index contributed by atoms with van der Waals surface area (Å²) in [5.41, 5.74) is 0. The van der Waals surface area contributed by atoms with Crippen LogP contribution in [0.15, 0.2) is 0 Å². The predicted octanol–water partition coefficient (Wildman–Crippen LogP) is -1.29. The minimum Gasteiger partial charge on any atom is -0.394 e. The van der Waals surface area contributed by atoms with Crippen LogP contribution >= 0.6 is 0 Å². The van der Waals surface area contributed by atoms with E-state index in [2.05, 4.69) is 0 Å². The van der Waals surface area contributed by atoms with Crippen molar-refractivity contribution in [2.75, 3.05) is 13.7 Å². The molecule has 0 aliphatic carbocycles. The zero-order valence-corrected chi connectivity index (χ0v) is 7.75. The Labute approximate surface area is 76.9 Å². The summed E-state index contributed by atoms with van der Waals surface area (Å²) in [6.07, 6.45) is -3.31. The Kier molecular flexibility index (Phi) is 3.63. The van der Waals surface area contributed by atoms with Gasteiger partial charge in [-0.15, -0.1) is 0 Å². The van der Waals surface area contributed by atoms with E-state index in [0.717, 1.165) is 0 Å². The molecule has 0 aromatic carbocycles. The molecule has 0 spiro atoms. The molecular formula is C8H16O5. The molecule has 3 N–H and O–H groups in total. The van der Waals surface area contributed by atoms with E-state index in [0.29, 0.717) is 0 Å². The number of rotatable bonds is 2. The highest BCUT2D eigenvalue weighted by Gasteiger charge is 2.41. The van der Waals surface area contributed by atoms with Crippen molar-refractivity contribution in [2.45, 2.75) is 31.5 Å². The zero-order valence-electron chi connectivity index (χ0n) is 7.75. The van der Waals surface area contributed by atoms with Crippen LogP contribution < -0.4 is 0 Å². The lowest BCUT2D eigenvalue weighted by molar-refractivity contribution is -0.280. The van der Waals surface area contributed by atoms with Crippen LogP contribution in [0.1, 0.15) is 6.92 Å². The Bertz CT molecular complexity index is 143. The van der Waals surface area contributed by atoms with E-state index < -0.39 is 24.6 Å². The highest BCUT2D eigenvalue weighted by Crippen LogP contribution is 2.25. The van der Waals surface area contributed by atoms with Gasteiger partial charge in [0.15, 0.2) is 6.29 Å². The lowest BCUT2D eigenvalue weighted by Gasteiger charge is -2.40. The molecule has 0 saturated carbocycles. The number of ether oxygens (including phenoxy) is 2. The minimum atomic E-state index is -1.05. The van der Waals surface area contributed by atoms with Crippen molar-refractivity contribution in [3.8, 4) is 0 Å². The zero-order chi connectivity index (χ0) is 10.0. The monoisotopic (exact) mass is 192 g/mol. The van der Waals surface area contributed by atoms with Crippen molar-refractivity contribution in [1.82, 2.24) is 0 Å². The van der Waals surface area contributed by atoms with E-state index in [1.807, 2.05) is 0 Å². The van der Waals surface area contributed by atoms with Crippen molar-refractivity contribution in [3.05, 3.63) is 0 Å². The highest BCUT2D eigenvalue weighted by molar-refractivity contribution is 4.86. The van der Waals surface area contributed by atoms with Crippen LogP contribution in [0.5, 0.6) is 0 Å². The standard InChI is InChI=1S/C8H16O5/c1-4-5(3-9)13-8(12-2)7(11)6(4)10/h4-11H,3H2,1-2H3/t4?,5?,6?,7?,8-/m1/s1. The molecule has 0 amide bonds. The maximum Gasteiger partial charge on any atom is 0.186 e. The molecule has 5 heteroatoms. The van der Waals surface area contributed by atoms with Gasteiger partial charge in [0.25, 0.3) is 0 Å². The van der Waals surface area contributed by atoms with Crippen molar-refractivity contribution in [2.24, 2.45) is 5.92 Å². The van der Waals surface area contributed by atoms with Gasteiger partial charge >= 0.3 is 0 Å². The Balaban J connectivity index is 2.66. The van der Waals surface area contributed by atoms with Gasteiger partial charge in [-0.05, 0) is 0 Å². The highest BCUT2D eigenvalue weighted by atomic mass is 16.7. The lowest BCUT2D eigenvalue weighted by atomic mass is 9.91. The first kappa shape index (κ1) is 10.9. The van der Waals surface area contributed by atoms with Gasteiger partial charge in [0.05, 0.1) is 18.8 Å². The van der Waals surface area contributed by atoms with Crippen LogP contribution in [0, 0.1) is 5.92 Å². The summed E-state index contributed by atoms with van der Waals surface area (Å²) < 4.78 is 10.0. The van der Waals surface area contributed by atoms with Gasteiger partial charge in [-0.2, -0.15) is 0 Å². The van der Waals surface area contributed by atoms with E-state index in [1.165, 1.54) is 7.11 Å². The molecule has 5 atom stereocenters. The molecule has 78 valence electrons. The Hall–Kier alpha value is -0.200. The fourth-order valence-corrected chi connectivity index (χ4v) is 1.47. The smallest absolute Gasteiger partial charge is 0.186 e. The summed E-state index contributed by atoms with van der Waals surface area (Å²) in [7, 11) is 1.38. The Morgan fingerprint density at radius 1 is 1.31 bits per heavy atom. The number of hydrogen-bond donors (Lipinski definition) is 3. The normalized spacial score (nSPS) is 46.4. The molecule has 1 heterocycles. The molecule has 13 heavy (non-hydrogen) atoms. The first-order chi connectivity index (χ1) is 6.11. The average Bonchev–Trinajstić information content (AvgIpc) is 2.15. The van der Waals surface area contributed by atoms with Crippen molar-refractivity contribution in [1.29, 1.82) is 0 Å². The van der Waals surface area contributed by atoms with Crippen LogP contribution in [-0.2, 0) is 9.47 Å². The van der Waals surface area contributed by atoms with Crippen LogP contribution in [0.2, 0.25) is 0 Å². The number of aliphatic hydroxyl groups is 3. The van der Waals surface area contributed by atoms with Crippen molar-refractivity contribution >= 4 is 0 Å². The largest absolute Gasteiger partial charge is 0.394 e. The second kappa shape index (κ2) is 4.34. The van der Waals surface area contributed by atoms with E-state index in [-0.39, 0.29) is 12.5 Å². The first-order valence-electron chi connectivity index (χ1n) is 4.27. The summed E-state index contributed by atoms with van der Waals surface area (Å²) in [6, 6.07) is 0. The predicted molar refractivity (Wildman–Crippen MR) is 43.9 cm³/mol. The second-order valence-corrected chi connectivity index (χ2v) is 3.30. The Morgan fingerprint density at radius 3 is 2.38 bits per heavy atom. The number of hydrogen-bond acceptors (Lipinski definition) is 5. The summed E-state index contributed by atoms with van der Waals surface area (Å²) in [6.45, 7) is 1.52. The summed E-state index contributed by atoms with van der Waals surface area (Å²) in [5, 5.41) is 27.9. The van der Waals surface area contributed by atoms with Crippen LogP contribution in [0.25, 0.3) is 0 Å². The van der Waals surface area contributed by atoms with Crippen molar-refractivity contribution < 1.29 is 24.8 Å². The third kappa shape index (κ3) is 2.00. The van der Waals surface area contributed by atoms with Gasteiger partial charge < -0.3 is 24.8 Å². The maximum atomic E-state index is 9.53. The molecular weight excluding hydrogens is 176 g/mol. The third-order valence-electron chi connectivity index (χ3n) is 2.48. The quantitative estimate of drug-likeness (QED) is 0.507. The fraction of sp³-hybridized carbons (Fsp3) is 1.00. The third-order valence-corrected chi connectivity index (χ3v) is 2.48.